The van der Waals surface area contributed by atoms with Gasteiger partial charge in [-0.2, -0.15) is 0 Å². The first kappa shape index (κ1) is 16.8. The number of piperidine rings is 1. The van der Waals surface area contributed by atoms with Crippen molar-refractivity contribution in [3.8, 4) is 0 Å². The third-order valence-electron chi connectivity index (χ3n) is 3.73. The van der Waals surface area contributed by atoms with Crippen molar-refractivity contribution in [3.05, 3.63) is 34.9 Å². The highest BCUT2D eigenvalue weighted by Crippen LogP contribution is 2.27. The quantitative estimate of drug-likeness (QED) is 0.877. The number of aliphatic hydroxyl groups is 1. The molecular weight excluding hydrogens is 281 g/mol. The van der Waals surface area contributed by atoms with Gasteiger partial charge in [-0.3, -0.25) is 0 Å². The molecule has 1 saturated heterocycles. The van der Waals surface area contributed by atoms with Crippen molar-refractivity contribution in [1.82, 2.24) is 5.32 Å². The number of aliphatic hydroxyl groups excluding tert-OH is 1. The molecule has 1 heterocycles. The molecule has 1 aromatic rings. The molecule has 0 aromatic heterocycles. The number of halogens is 2. The molecule has 19 heavy (non-hydrogen) atoms. The van der Waals surface area contributed by atoms with Crippen molar-refractivity contribution < 1.29 is 5.11 Å². The summed E-state index contributed by atoms with van der Waals surface area (Å²) < 4.78 is 0. The predicted octanol–water partition coefficient (Wildman–Crippen LogP) is 4.11. The summed E-state index contributed by atoms with van der Waals surface area (Å²) in [5, 5.41) is 14.7. The van der Waals surface area contributed by atoms with Gasteiger partial charge in [0.05, 0.1) is 6.10 Å². The van der Waals surface area contributed by atoms with E-state index in [2.05, 4.69) is 12.2 Å². The summed E-state index contributed by atoms with van der Waals surface area (Å²) >= 11 is 5.97. The average molecular weight is 304 g/mol. The van der Waals surface area contributed by atoms with Gasteiger partial charge in [0.1, 0.15) is 0 Å². The van der Waals surface area contributed by atoms with E-state index in [0.29, 0.717) is 11.1 Å². The zero-order valence-electron chi connectivity index (χ0n) is 11.3. The summed E-state index contributed by atoms with van der Waals surface area (Å²) in [6, 6.07) is 8.26. The van der Waals surface area contributed by atoms with E-state index in [4.69, 9.17) is 11.6 Å². The molecule has 2 rings (SSSR count). The zero-order valence-corrected chi connectivity index (χ0v) is 12.9. The summed E-state index contributed by atoms with van der Waals surface area (Å²) in [6.07, 6.45) is 5.39. The van der Waals surface area contributed by atoms with Crippen LogP contribution in [0.3, 0.4) is 0 Å². The highest BCUT2D eigenvalue weighted by atomic mass is 35.5. The molecule has 1 aromatic carbocycles. The molecule has 0 saturated carbocycles. The molecule has 108 valence electrons. The molecule has 0 aliphatic carbocycles. The summed E-state index contributed by atoms with van der Waals surface area (Å²) in [5.74, 6) is 0. The topological polar surface area (TPSA) is 32.3 Å². The highest BCUT2D eigenvalue weighted by Gasteiger charge is 2.26. The van der Waals surface area contributed by atoms with Gasteiger partial charge < -0.3 is 10.4 Å². The Hall–Kier alpha value is -0.280. The molecule has 0 amide bonds. The molecule has 2 nitrogen and oxygen atoms in total. The maximum absolute atomic E-state index is 10.4. The highest BCUT2D eigenvalue weighted by molar-refractivity contribution is 6.30. The van der Waals surface area contributed by atoms with E-state index in [1.54, 1.807) is 0 Å². The first-order valence-electron chi connectivity index (χ1n) is 6.90. The van der Waals surface area contributed by atoms with Crippen molar-refractivity contribution in [2.24, 2.45) is 0 Å². The maximum Gasteiger partial charge on any atom is 0.0943 e. The molecule has 4 heteroatoms. The molecule has 2 N–H and O–H groups in total. The molecule has 1 aliphatic heterocycles. The molecule has 1 fully saturated rings. The van der Waals surface area contributed by atoms with Gasteiger partial charge in [0.2, 0.25) is 0 Å². The van der Waals surface area contributed by atoms with Crippen LogP contribution in [0.25, 0.3) is 0 Å². The molecule has 3 atom stereocenters. The fourth-order valence-electron chi connectivity index (χ4n) is 2.80. The Morgan fingerprint density at radius 1 is 1.42 bits per heavy atom. The zero-order chi connectivity index (χ0) is 13.0. The fourth-order valence-corrected chi connectivity index (χ4v) is 3.00. The largest absolute Gasteiger partial charge is 0.387 e. The van der Waals surface area contributed by atoms with Crippen LogP contribution in [0.2, 0.25) is 5.02 Å². The van der Waals surface area contributed by atoms with Gasteiger partial charge in [-0.15, -0.1) is 12.4 Å². The lowest BCUT2D eigenvalue weighted by atomic mass is 9.90. The van der Waals surface area contributed by atoms with E-state index in [-0.39, 0.29) is 18.4 Å². The van der Waals surface area contributed by atoms with Crippen LogP contribution in [0.1, 0.15) is 50.7 Å². The Bertz CT molecular complexity index is 384. The maximum atomic E-state index is 10.4. The standard InChI is InChI=1S/C15H22ClNO.ClH/c1-2-5-13-8-4-9-14(17-13)15(18)11-6-3-7-12(16)10-11;/h3,6-7,10,13-15,17-18H,2,4-5,8-9H2,1H3;1H/t13-,14+,15-;/m1./s1. The number of rotatable bonds is 4. The van der Waals surface area contributed by atoms with Gasteiger partial charge in [0, 0.05) is 17.1 Å². The van der Waals surface area contributed by atoms with Gasteiger partial charge in [-0.1, -0.05) is 43.5 Å². The molecule has 1 aliphatic rings. The van der Waals surface area contributed by atoms with Gasteiger partial charge in [0.15, 0.2) is 0 Å². The second kappa shape index (κ2) is 8.11. The van der Waals surface area contributed by atoms with Crippen molar-refractivity contribution >= 4 is 24.0 Å². The van der Waals surface area contributed by atoms with Crippen molar-refractivity contribution in [2.75, 3.05) is 0 Å². The Balaban J connectivity index is 0.00000180. The summed E-state index contributed by atoms with van der Waals surface area (Å²) in [5.41, 5.74) is 0.914. The monoisotopic (exact) mass is 303 g/mol. The SMILES string of the molecule is CCC[C@@H]1CCC[C@@H]([C@H](O)c2cccc(Cl)c2)N1.Cl. The summed E-state index contributed by atoms with van der Waals surface area (Å²) in [7, 11) is 0. The third-order valence-corrected chi connectivity index (χ3v) is 3.96. The first-order chi connectivity index (χ1) is 8.70. The Morgan fingerprint density at radius 3 is 2.89 bits per heavy atom. The molecule has 0 radical (unpaired) electrons. The van der Waals surface area contributed by atoms with E-state index >= 15 is 0 Å². The number of hydrogen-bond acceptors (Lipinski definition) is 2. The van der Waals surface area contributed by atoms with Gasteiger partial charge in [-0.05, 0) is 37.0 Å². The van der Waals surface area contributed by atoms with Gasteiger partial charge in [-0.25, -0.2) is 0 Å². The Kier molecular flexibility index (Phi) is 7.16. The van der Waals surface area contributed by atoms with Crippen LogP contribution in [0.4, 0.5) is 0 Å². The van der Waals surface area contributed by atoms with E-state index < -0.39 is 6.10 Å². The lowest BCUT2D eigenvalue weighted by Gasteiger charge is -2.34. The number of benzene rings is 1. The Morgan fingerprint density at radius 2 is 2.21 bits per heavy atom. The first-order valence-corrected chi connectivity index (χ1v) is 7.28. The van der Waals surface area contributed by atoms with Crippen LogP contribution in [0.5, 0.6) is 0 Å². The lowest BCUT2D eigenvalue weighted by Crippen LogP contribution is -2.45. The number of hydrogen-bond donors (Lipinski definition) is 2. The van der Waals surface area contributed by atoms with Crippen LogP contribution in [0, 0.1) is 0 Å². The molecule has 0 spiro atoms. The van der Waals surface area contributed by atoms with Crippen molar-refractivity contribution in [1.29, 1.82) is 0 Å². The van der Waals surface area contributed by atoms with Crippen molar-refractivity contribution in [2.45, 2.75) is 57.2 Å². The van der Waals surface area contributed by atoms with Crippen molar-refractivity contribution in [3.63, 3.8) is 0 Å². The minimum Gasteiger partial charge on any atom is -0.387 e. The average Bonchev–Trinajstić information content (AvgIpc) is 2.39. The van der Waals surface area contributed by atoms with E-state index in [0.717, 1.165) is 12.0 Å². The number of nitrogens with one attached hydrogen (secondary N) is 1. The van der Waals surface area contributed by atoms with Gasteiger partial charge >= 0.3 is 0 Å². The lowest BCUT2D eigenvalue weighted by molar-refractivity contribution is 0.0998. The smallest absolute Gasteiger partial charge is 0.0943 e. The second-order valence-electron chi connectivity index (χ2n) is 5.19. The van der Waals surface area contributed by atoms with E-state index in [1.165, 1.54) is 25.7 Å². The van der Waals surface area contributed by atoms with Crippen LogP contribution < -0.4 is 5.32 Å². The minimum absolute atomic E-state index is 0. The molecule has 0 bridgehead atoms. The normalized spacial score (nSPS) is 24.6. The van der Waals surface area contributed by atoms with E-state index in [1.807, 2.05) is 24.3 Å². The van der Waals surface area contributed by atoms with Crippen LogP contribution in [-0.2, 0) is 0 Å². The minimum atomic E-state index is -0.455. The summed E-state index contributed by atoms with van der Waals surface area (Å²) in [6.45, 7) is 2.21. The Labute approximate surface area is 127 Å². The molecular formula is C15H23Cl2NO. The van der Waals surface area contributed by atoms with Crippen LogP contribution >= 0.6 is 24.0 Å². The van der Waals surface area contributed by atoms with Crippen LogP contribution in [-0.4, -0.2) is 17.2 Å². The second-order valence-corrected chi connectivity index (χ2v) is 5.63. The molecule has 0 unspecified atom stereocenters. The third kappa shape index (κ3) is 4.64. The van der Waals surface area contributed by atoms with Crippen LogP contribution in [0.15, 0.2) is 24.3 Å². The predicted molar refractivity (Wildman–Crippen MR) is 83.1 cm³/mol. The van der Waals surface area contributed by atoms with E-state index in [9.17, 15) is 5.11 Å². The summed E-state index contributed by atoms with van der Waals surface area (Å²) in [4.78, 5) is 0. The fraction of sp³-hybridized carbons (Fsp3) is 0.600. The van der Waals surface area contributed by atoms with Gasteiger partial charge in [0.25, 0.3) is 0 Å².